The van der Waals surface area contributed by atoms with Crippen molar-refractivity contribution < 1.29 is 9.47 Å². The fraction of sp³-hybridized carbons (Fsp3) is 0.394. The highest BCUT2D eigenvalue weighted by Gasteiger charge is 2.43. The van der Waals surface area contributed by atoms with Gasteiger partial charge in [0.05, 0.1) is 0 Å². The predicted molar refractivity (Wildman–Crippen MR) is 171 cm³/mol. The van der Waals surface area contributed by atoms with Gasteiger partial charge >= 0.3 is 0 Å². The van der Waals surface area contributed by atoms with Gasteiger partial charge in [-0.25, -0.2) is 0 Å². The fourth-order valence-electron chi connectivity index (χ4n) is 4.58. The van der Waals surface area contributed by atoms with E-state index in [1.807, 2.05) is 13.8 Å². The zero-order valence-corrected chi connectivity index (χ0v) is 25.6. The minimum absolute atomic E-state index is 0.0218. The lowest BCUT2D eigenvalue weighted by Gasteiger charge is -2.20. The number of unbranched alkanes of at least 4 members (excludes halogenated alkanes) is 4. The number of benzene rings is 3. The molecule has 198 valence electrons. The summed E-state index contributed by atoms with van der Waals surface area (Å²) in [4.78, 5) is -1.67. The molecule has 0 aromatic heterocycles. The van der Waals surface area contributed by atoms with Crippen LogP contribution in [0.25, 0.3) is 0 Å². The number of hydrogen-bond donors (Lipinski definition) is 0. The Morgan fingerprint density at radius 1 is 0.649 bits per heavy atom. The lowest BCUT2D eigenvalue weighted by atomic mass is 10.1. The van der Waals surface area contributed by atoms with Crippen molar-refractivity contribution in [1.82, 2.24) is 0 Å². The molecule has 0 aliphatic rings. The van der Waals surface area contributed by atoms with E-state index in [2.05, 4.69) is 119 Å². The predicted octanol–water partition coefficient (Wildman–Crippen LogP) is 8.56. The second-order valence-corrected chi connectivity index (χ2v) is 16.3. The molecule has 0 amide bonds. The highest BCUT2D eigenvalue weighted by Crippen LogP contribution is 2.63. The summed E-state index contributed by atoms with van der Waals surface area (Å²) in [5.74, 6) is 0. The molecule has 37 heavy (non-hydrogen) atoms. The van der Waals surface area contributed by atoms with Crippen LogP contribution >= 0.6 is 26.9 Å². The number of rotatable bonds is 17. The van der Waals surface area contributed by atoms with Crippen LogP contribution in [0, 0.1) is 0 Å². The maximum atomic E-state index is 5.62. The molecule has 3 aromatic rings. The van der Waals surface area contributed by atoms with Crippen LogP contribution < -0.4 is 15.9 Å². The minimum Gasteiger partial charge on any atom is -0.353 e. The van der Waals surface area contributed by atoms with Crippen molar-refractivity contribution in [3.63, 3.8) is 0 Å². The van der Waals surface area contributed by atoms with Gasteiger partial charge in [-0.05, 0) is 101 Å². The van der Waals surface area contributed by atoms with Crippen molar-refractivity contribution in [3.8, 4) is 0 Å². The van der Waals surface area contributed by atoms with Gasteiger partial charge in [-0.2, -0.15) is 0 Å². The Hall–Kier alpha value is -1.52. The summed E-state index contributed by atoms with van der Waals surface area (Å²) >= 11 is 2.74. The number of halogens is 1. The molecule has 0 spiro atoms. The number of hydrogen-bond acceptors (Lipinski definition) is 2. The summed E-state index contributed by atoms with van der Waals surface area (Å²) in [6.45, 7) is 5.50. The fourth-order valence-corrected chi connectivity index (χ4v) is 10.1. The van der Waals surface area contributed by atoms with Crippen LogP contribution in [0.5, 0.6) is 0 Å². The first kappa shape index (κ1) is 30.0. The monoisotopic (exact) mass is 629 g/mol. The third kappa shape index (κ3) is 9.62. The van der Waals surface area contributed by atoms with Gasteiger partial charge in [-0.3, -0.25) is 0 Å². The Kier molecular flexibility index (Phi) is 13.9. The molecule has 0 aliphatic carbocycles. The van der Waals surface area contributed by atoms with Crippen molar-refractivity contribution in [2.45, 2.75) is 71.5 Å². The van der Waals surface area contributed by atoms with Crippen LogP contribution in [0.1, 0.15) is 64.4 Å². The Morgan fingerprint density at radius 2 is 1.16 bits per heavy atom. The molecule has 2 nitrogen and oxygen atoms in total. The Labute approximate surface area is 238 Å². The number of ether oxygens (including phenoxy) is 2. The zero-order chi connectivity index (χ0) is 26.2. The average Bonchev–Trinajstić information content (AvgIpc) is 2.95. The summed E-state index contributed by atoms with van der Waals surface area (Å²) in [6.07, 6.45) is 14.0. The van der Waals surface area contributed by atoms with Crippen molar-refractivity contribution in [2.75, 3.05) is 13.2 Å². The van der Waals surface area contributed by atoms with E-state index in [9.17, 15) is 0 Å². The Morgan fingerprint density at radius 3 is 1.70 bits per heavy atom. The van der Waals surface area contributed by atoms with Gasteiger partial charge in [-0.15, -0.1) is 0 Å². The second kappa shape index (κ2) is 17.1. The lowest BCUT2D eigenvalue weighted by Crippen LogP contribution is -2.26. The number of allylic oxidation sites excluding steroid dienone is 2. The maximum absolute atomic E-state index is 5.62. The minimum atomic E-state index is -1.67. The van der Waals surface area contributed by atoms with Crippen LogP contribution in [-0.4, -0.2) is 19.5 Å². The highest BCUT2D eigenvalue weighted by atomic mass is 127. The van der Waals surface area contributed by atoms with Crippen LogP contribution in [0.4, 0.5) is 0 Å². The van der Waals surface area contributed by atoms with E-state index in [1.54, 1.807) is 0 Å². The van der Waals surface area contributed by atoms with E-state index in [-0.39, 0.29) is 6.29 Å². The SMILES string of the molecule is CCOC(CCCCC/C=C/CCCc1ccc([P+](I)(c2ccccc2)c2ccccc2)cc1)OCC. The van der Waals surface area contributed by atoms with Crippen LogP contribution in [-0.2, 0) is 15.9 Å². The molecule has 3 rings (SSSR count). The second-order valence-electron chi connectivity index (χ2n) is 9.27. The van der Waals surface area contributed by atoms with Gasteiger partial charge in [-0.1, -0.05) is 67.1 Å². The zero-order valence-electron chi connectivity index (χ0n) is 22.5. The first-order valence-electron chi connectivity index (χ1n) is 13.9. The molecule has 0 fully saturated rings. The molecule has 0 unspecified atom stereocenters. The van der Waals surface area contributed by atoms with Gasteiger partial charge < -0.3 is 9.47 Å². The van der Waals surface area contributed by atoms with Gasteiger partial charge in [0, 0.05) is 13.2 Å². The third-order valence-corrected chi connectivity index (χ3v) is 14.6. The summed E-state index contributed by atoms with van der Waals surface area (Å²) in [5, 5.41) is 4.27. The molecule has 4 heteroatoms. The summed E-state index contributed by atoms with van der Waals surface area (Å²) < 4.78 is 11.2. The largest absolute Gasteiger partial charge is 0.353 e. The molecule has 3 aromatic carbocycles. The quantitative estimate of drug-likeness (QED) is 0.0490. The van der Waals surface area contributed by atoms with E-state index in [0.29, 0.717) is 0 Å². The van der Waals surface area contributed by atoms with Crippen molar-refractivity contribution in [2.24, 2.45) is 0 Å². The highest BCUT2D eigenvalue weighted by molar-refractivity contribution is 14.2. The van der Waals surface area contributed by atoms with E-state index in [0.717, 1.165) is 32.5 Å². The van der Waals surface area contributed by atoms with E-state index in [1.165, 1.54) is 53.6 Å². The molecule has 0 heterocycles. The first-order chi connectivity index (χ1) is 18.2. The first-order valence-corrected chi connectivity index (χ1v) is 18.4. The molecule has 0 saturated carbocycles. The van der Waals surface area contributed by atoms with Crippen LogP contribution in [0.3, 0.4) is 0 Å². The Bertz CT molecular complexity index is 976. The molecule has 0 saturated heterocycles. The van der Waals surface area contributed by atoms with E-state index >= 15 is 0 Å². The Balaban J connectivity index is 1.43. The van der Waals surface area contributed by atoms with Crippen molar-refractivity contribution in [1.29, 1.82) is 0 Å². The van der Waals surface area contributed by atoms with Gasteiger partial charge in [0.15, 0.2) is 33.2 Å². The summed E-state index contributed by atoms with van der Waals surface area (Å²) in [6, 6.07) is 31.4. The summed E-state index contributed by atoms with van der Waals surface area (Å²) in [7, 11) is 0. The number of aryl methyl sites for hydroxylation is 1. The van der Waals surface area contributed by atoms with Crippen LogP contribution in [0.2, 0.25) is 0 Å². The molecule has 0 N–H and O–H groups in total. The molecule has 0 aliphatic heterocycles. The van der Waals surface area contributed by atoms with Gasteiger partial charge in [0.25, 0.3) is 0 Å². The molecule has 0 radical (unpaired) electrons. The van der Waals surface area contributed by atoms with Crippen molar-refractivity contribution in [3.05, 3.63) is 103 Å². The normalized spacial score (nSPS) is 12.0. The van der Waals surface area contributed by atoms with E-state index < -0.39 is 4.90 Å². The molecular weight excluding hydrogens is 586 g/mol. The molecule has 0 bridgehead atoms. The van der Waals surface area contributed by atoms with Gasteiger partial charge in [0.1, 0.15) is 15.9 Å². The standard InChI is InChI=1S/C33H43IO2P/c1-3-35-33(36-4-2)24-18-10-8-6-5-7-9-13-19-29-25-27-32(28-26-29)37(34,30-20-14-11-15-21-30)31-22-16-12-17-23-31/h5,7,11-12,14-17,20-23,25-28,33H,3-4,6,8-10,13,18-19,24H2,1-2H3/q+1/b7-5+. The van der Waals surface area contributed by atoms with Gasteiger partial charge in [0.2, 0.25) is 0 Å². The topological polar surface area (TPSA) is 18.5 Å². The van der Waals surface area contributed by atoms with E-state index in [4.69, 9.17) is 9.47 Å². The smallest absolute Gasteiger partial charge is 0.173 e. The van der Waals surface area contributed by atoms with Crippen LogP contribution in [0.15, 0.2) is 97.1 Å². The summed E-state index contributed by atoms with van der Waals surface area (Å²) in [5.41, 5.74) is 1.43. The van der Waals surface area contributed by atoms with Crippen molar-refractivity contribution >= 4 is 42.9 Å². The lowest BCUT2D eigenvalue weighted by molar-refractivity contribution is -0.140. The average molecular weight is 630 g/mol. The third-order valence-electron chi connectivity index (χ3n) is 6.53. The molecule has 0 atom stereocenters. The maximum Gasteiger partial charge on any atom is 0.173 e. The molecular formula is C33H43IO2P+.